The molecule has 1 fully saturated rings. The number of aliphatic hydroxyl groups excluding tert-OH is 1. The van der Waals surface area contributed by atoms with Crippen molar-refractivity contribution in [1.29, 1.82) is 0 Å². The molecule has 8 nitrogen and oxygen atoms in total. The number of hydrogen-bond donors (Lipinski definition) is 4. The van der Waals surface area contributed by atoms with Crippen LogP contribution >= 0.6 is 27.7 Å². The van der Waals surface area contributed by atoms with Crippen LogP contribution in [0.1, 0.15) is 36.1 Å². The minimum absolute atomic E-state index is 0.217. The number of amides is 4. The fraction of sp³-hybridized carbons (Fsp3) is 0.344. The lowest BCUT2D eigenvalue weighted by molar-refractivity contribution is -0.147. The van der Waals surface area contributed by atoms with Crippen LogP contribution in [-0.2, 0) is 22.6 Å². The molecule has 0 unspecified atom stereocenters. The first kappa shape index (κ1) is 31.6. The number of nitrogens with zero attached hydrogens (tertiary/aromatic N) is 1. The van der Waals surface area contributed by atoms with E-state index in [1.54, 1.807) is 6.07 Å². The molecule has 4 amide bonds. The average Bonchev–Trinajstić information content (AvgIpc) is 3.28. The van der Waals surface area contributed by atoms with Gasteiger partial charge in [0.2, 0.25) is 5.91 Å². The van der Waals surface area contributed by atoms with E-state index in [1.165, 1.54) is 16.7 Å². The number of anilines is 1. The lowest BCUT2D eigenvalue weighted by Crippen LogP contribution is -2.59. The van der Waals surface area contributed by atoms with Gasteiger partial charge < -0.3 is 26.0 Å². The van der Waals surface area contributed by atoms with Gasteiger partial charge in [-0.05, 0) is 74.6 Å². The maximum absolute atomic E-state index is 13.8. The summed E-state index contributed by atoms with van der Waals surface area (Å²) in [5.74, 6) is -0.650. The van der Waals surface area contributed by atoms with Crippen molar-refractivity contribution in [3.8, 4) is 0 Å². The number of hydrogen-bond acceptors (Lipinski definition) is 5. The largest absolute Gasteiger partial charge is 0.381 e. The highest BCUT2D eigenvalue weighted by Crippen LogP contribution is 2.40. The SMILES string of the molecule is Cc1ccccc1CNC(=O)[C@H]1N(C(=O)[C@@H](O)[C@H](Cc2ccccc2)NC(=O)Nc2ccc(Br)cc2C)CSC1(C)C. The van der Waals surface area contributed by atoms with Gasteiger partial charge in [0, 0.05) is 21.5 Å². The van der Waals surface area contributed by atoms with Crippen LogP contribution in [0.25, 0.3) is 0 Å². The summed E-state index contributed by atoms with van der Waals surface area (Å²) in [5, 5.41) is 20.1. The Labute approximate surface area is 259 Å². The highest BCUT2D eigenvalue weighted by atomic mass is 79.9. The minimum atomic E-state index is -1.58. The van der Waals surface area contributed by atoms with Crippen LogP contribution in [0.4, 0.5) is 10.5 Å². The van der Waals surface area contributed by atoms with Crippen molar-refractivity contribution in [1.82, 2.24) is 15.5 Å². The molecule has 3 aromatic carbocycles. The number of carbonyl (C=O) groups excluding carboxylic acids is 3. The molecule has 3 atom stereocenters. The molecule has 0 saturated carbocycles. The second-order valence-electron chi connectivity index (χ2n) is 11.0. The van der Waals surface area contributed by atoms with Gasteiger partial charge in [0.05, 0.1) is 11.9 Å². The monoisotopic (exact) mass is 652 g/mol. The molecule has 0 aromatic heterocycles. The van der Waals surface area contributed by atoms with Gasteiger partial charge in [0.1, 0.15) is 6.04 Å². The van der Waals surface area contributed by atoms with Crippen molar-refractivity contribution in [3.05, 3.63) is 99.5 Å². The lowest BCUT2D eigenvalue weighted by Gasteiger charge is -2.33. The second kappa shape index (κ2) is 13.8. The zero-order chi connectivity index (χ0) is 30.4. The van der Waals surface area contributed by atoms with Crippen molar-refractivity contribution < 1.29 is 19.5 Å². The number of carbonyl (C=O) groups is 3. The van der Waals surface area contributed by atoms with Gasteiger partial charge in [-0.25, -0.2) is 4.79 Å². The number of halogens is 1. The number of urea groups is 1. The summed E-state index contributed by atoms with van der Waals surface area (Å²) in [4.78, 5) is 41.9. The van der Waals surface area contributed by atoms with Crippen LogP contribution in [0.2, 0.25) is 0 Å². The number of aryl methyl sites for hydroxylation is 2. The number of rotatable bonds is 9. The van der Waals surface area contributed by atoms with Crippen LogP contribution in [-0.4, -0.2) is 56.7 Å². The Morgan fingerprint density at radius 3 is 2.40 bits per heavy atom. The van der Waals surface area contributed by atoms with E-state index >= 15 is 0 Å². The minimum Gasteiger partial charge on any atom is -0.381 e. The molecule has 222 valence electrons. The molecule has 0 radical (unpaired) electrons. The maximum Gasteiger partial charge on any atom is 0.319 e. The third kappa shape index (κ3) is 7.73. The van der Waals surface area contributed by atoms with Gasteiger partial charge in [0.15, 0.2) is 6.10 Å². The predicted octanol–water partition coefficient (Wildman–Crippen LogP) is 5.16. The van der Waals surface area contributed by atoms with Gasteiger partial charge in [-0.3, -0.25) is 9.59 Å². The topological polar surface area (TPSA) is 111 Å². The normalized spacial score (nSPS) is 17.3. The summed E-state index contributed by atoms with van der Waals surface area (Å²) in [6.07, 6.45) is -1.36. The van der Waals surface area contributed by atoms with Crippen molar-refractivity contribution in [2.75, 3.05) is 11.2 Å². The predicted molar refractivity (Wildman–Crippen MR) is 171 cm³/mol. The third-order valence-corrected chi connectivity index (χ3v) is 9.35. The number of nitrogens with one attached hydrogen (secondary N) is 3. The molecular weight excluding hydrogens is 616 g/mol. The van der Waals surface area contributed by atoms with Crippen LogP contribution in [0.5, 0.6) is 0 Å². The molecular formula is C32H37BrN4O4S. The summed E-state index contributed by atoms with van der Waals surface area (Å²) in [6.45, 7) is 8.03. The van der Waals surface area contributed by atoms with Crippen molar-refractivity contribution in [3.63, 3.8) is 0 Å². The molecule has 1 aliphatic rings. The van der Waals surface area contributed by atoms with E-state index in [2.05, 4.69) is 31.9 Å². The zero-order valence-corrected chi connectivity index (χ0v) is 26.6. The first-order valence-electron chi connectivity index (χ1n) is 13.8. The van der Waals surface area contributed by atoms with Crippen molar-refractivity contribution in [2.45, 2.75) is 63.6 Å². The smallest absolute Gasteiger partial charge is 0.319 e. The molecule has 0 bridgehead atoms. The molecule has 42 heavy (non-hydrogen) atoms. The Hall–Kier alpha value is -3.34. The second-order valence-corrected chi connectivity index (χ2v) is 13.5. The standard InChI is InChI=1S/C32H37BrN4O4S/c1-20-10-8-9-13-23(20)18-34-29(39)28-32(3,4)42-19-37(28)30(40)27(38)26(17-22-11-6-5-7-12-22)36-31(41)35-25-15-14-24(33)16-21(25)2/h5-16,26-28,38H,17-19H2,1-4H3,(H,34,39)(H2,35,36,41)/t26-,27-,28+/m0/s1. The van der Waals surface area contributed by atoms with Crippen molar-refractivity contribution >= 4 is 51.2 Å². The molecule has 10 heteroatoms. The van der Waals surface area contributed by atoms with Gasteiger partial charge in [-0.1, -0.05) is 70.5 Å². The van der Waals surface area contributed by atoms with Gasteiger partial charge >= 0.3 is 6.03 Å². The summed E-state index contributed by atoms with van der Waals surface area (Å²) < 4.78 is 0.308. The number of benzene rings is 3. The lowest BCUT2D eigenvalue weighted by atomic mass is 9.97. The van der Waals surface area contributed by atoms with E-state index in [1.807, 2.05) is 94.4 Å². The molecule has 1 aliphatic heterocycles. The van der Waals surface area contributed by atoms with E-state index in [4.69, 9.17) is 0 Å². The fourth-order valence-electron chi connectivity index (χ4n) is 5.05. The number of aliphatic hydroxyl groups is 1. The Bertz CT molecular complexity index is 1440. The molecule has 0 spiro atoms. The van der Waals surface area contributed by atoms with Gasteiger partial charge in [-0.2, -0.15) is 0 Å². The fourth-order valence-corrected chi connectivity index (χ4v) is 6.66. The van der Waals surface area contributed by atoms with Crippen molar-refractivity contribution in [2.24, 2.45) is 0 Å². The van der Waals surface area contributed by atoms with Crippen LogP contribution in [0, 0.1) is 13.8 Å². The van der Waals surface area contributed by atoms with E-state index in [0.717, 1.165) is 26.7 Å². The van der Waals surface area contributed by atoms with E-state index in [0.29, 0.717) is 12.2 Å². The van der Waals surface area contributed by atoms with E-state index in [9.17, 15) is 19.5 Å². The summed E-state index contributed by atoms with van der Waals surface area (Å²) >= 11 is 4.90. The Morgan fingerprint density at radius 2 is 1.71 bits per heavy atom. The molecule has 1 saturated heterocycles. The quantitative estimate of drug-likeness (QED) is 0.255. The summed E-state index contributed by atoms with van der Waals surface area (Å²) in [5.41, 5.74) is 4.36. The summed E-state index contributed by atoms with van der Waals surface area (Å²) in [6, 6.07) is 20.3. The molecule has 0 aliphatic carbocycles. The summed E-state index contributed by atoms with van der Waals surface area (Å²) in [7, 11) is 0. The Morgan fingerprint density at radius 1 is 1.02 bits per heavy atom. The molecule has 4 N–H and O–H groups in total. The highest BCUT2D eigenvalue weighted by molar-refractivity contribution is 9.10. The maximum atomic E-state index is 13.8. The van der Waals surface area contributed by atoms with Gasteiger partial charge in [0.25, 0.3) is 5.91 Å². The van der Waals surface area contributed by atoms with E-state index < -0.39 is 34.9 Å². The van der Waals surface area contributed by atoms with Crippen LogP contribution < -0.4 is 16.0 Å². The number of thioether (sulfide) groups is 1. The van der Waals surface area contributed by atoms with E-state index in [-0.39, 0.29) is 18.2 Å². The van der Waals surface area contributed by atoms with Gasteiger partial charge in [-0.15, -0.1) is 11.8 Å². The molecule has 4 rings (SSSR count). The Balaban J connectivity index is 1.52. The van der Waals surface area contributed by atoms with Crippen LogP contribution in [0.3, 0.4) is 0 Å². The molecule has 3 aromatic rings. The first-order chi connectivity index (χ1) is 20.0. The Kier molecular flexibility index (Phi) is 10.3. The highest BCUT2D eigenvalue weighted by Gasteiger charge is 2.49. The zero-order valence-electron chi connectivity index (χ0n) is 24.2. The first-order valence-corrected chi connectivity index (χ1v) is 15.6. The average molecular weight is 654 g/mol. The molecule has 1 heterocycles. The third-order valence-electron chi connectivity index (χ3n) is 7.48. The van der Waals surface area contributed by atoms with Crippen LogP contribution in [0.15, 0.2) is 77.3 Å².